The number of hydrogen-bond acceptors (Lipinski definition) is 7. The molecule has 3 aromatic rings. The van der Waals surface area contributed by atoms with Crippen molar-refractivity contribution >= 4 is 40.2 Å². The number of hydrogen-bond donors (Lipinski definition) is 5. The first-order valence-corrected chi connectivity index (χ1v) is 11.7. The van der Waals surface area contributed by atoms with E-state index in [0.29, 0.717) is 72.6 Å². The summed E-state index contributed by atoms with van der Waals surface area (Å²) in [6, 6.07) is 5.79. The van der Waals surface area contributed by atoms with E-state index in [9.17, 15) is 23.1 Å². The molecule has 9 nitrogen and oxygen atoms in total. The van der Waals surface area contributed by atoms with Gasteiger partial charge in [0, 0.05) is 67.1 Å². The summed E-state index contributed by atoms with van der Waals surface area (Å²) in [5, 5.41) is 28.6. The fourth-order valence-corrected chi connectivity index (χ4v) is 4.54. The van der Waals surface area contributed by atoms with Crippen LogP contribution < -0.4 is 16.0 Å². The van der Waals surface area contributed by atoms with Gasteiger partial charge in [-0.25, -0.2) is 22.9 Å². The number of aromatic nitrogens is 1. The average molecular weight is 515 g/mol. The molecule has 2 aliphatic rings. The summed E-state index contributed by atoms with van der Waals surface area (Å²) in [7, 11) is 0. The number of fused-ring (bicyclic) bond motifs is 3. The number of pyridine rings is 1. The van der Waals surface area contributed by atoms with Crippen LogP contribution in [0.25, 0.3) is 17.0 Å². The van der Waals surface area contributed by atoms with Gasteiger partial charge < -0.3 is 31.1 Å². The topological polar surface area (TPSA) is 113 Å². The largest absolute Gasteiger partial charge is 0.395 e. The zero-order valence-corrected chi connectivity index (χ0v) is 19.6. The van der Waals surface area contributed by atoms with Gasteiger partial charge in [-0.1, -0.05) is 0 Å². The molecule has 5 rings (SSSR count). The molecule has 2 aromatic carbocycles. The molecule has 0 bridgehead atoms. The number of anilines is 3. The van der Waals surface area contributed by atoms with E-state index in [-0.39, 0.29) is 18.5 Å². The number of carbonyl (C=O) groups excluding carboxylic acids is 1. The van der Waals surface area contributed by atoms with Gasteiger partial charge in [-0.05, 0) is 30.5 Å². The summed E-state index contributed by atoms with van der Waals surface area (Å²) >= 11 is 0. The smallest absolute Gasteiger partial charge is 0.321 e. The van der Waals surface area contributed by atoms with E-state index in [1.165, 1.54) is 6.20 Å². The SMILES string of the molecule is O=C(Nc1ccc2nc(Nc3c(F)cc(F)cc3F)c3c(c2c1)C(O)NC=C3)N1CCN(CCO)CC1. The first-order valence-electron chi connectivity index (χ1n) is 11.7. The van der Waals surface area contributed by atoms with Gasteiger partial charge in [0.05, 0.1) is 12.1 Å². The third kappa shape index (κ3) is 5.03. The standard InChI is InChI=1S/C25H25F3N6O3/c26-14-11-18(27)22(19(28)12-14)32-23-16-3-4-29-24(36)21(16)17-13-15(1-2-20(17)31-23)30-25(37)34-7-5-33(6-8-34)9-10-35/h1-4,11-13,24,29,35-36H,5-10H2,(H,30,37)(H,31,32). The molecule has 194 valence electrons. The molecule has 1 fully saturated rings. The summed E-state index contributed by atoms with van der Waals surface area (Å²) in [6.07, 6.45) is 1.91. The predicted molar refractivity (Wildman–Crippen MR) is 133 cm³/mol. The molecule has 0 aliphatic carbocycles. The minimum atomic E-state index is -1.15. The third-order valence-corrected chi connectivity index (χ3v) is 6.42. The van der Waals surface area contributed by atoms with Crippen LogP contribution in [0.5, 0.6) is 0 Å². The fourth-order valence-electron chi connectivity index (χ4n) is 4.54. The zero-order valence-electron chi connectivity index (χ0n) is 19.6. The van der Waals surface area contributed by atoms with Crippen molar-refractivity contribution in [2.24, 2.45) is 0 Å². The molecule has 2 aliphatic heterocycles. The highest BCUT2D eigenvalue weighted by molar-refractivity contribution is 5.96. The van der Waals surface area contributed by atoms with Crippen LogP contribution in [0, 0.1) is 17.5 Å². The maximum Gasteiger partial charge on any atom is 0.321 e. The number of halogens is 3. The van der Waals surface area contributed by atoms with Crippen molar-refractivity contribution in [2.45, 2.75) is 6.23 Å². The van der Waals surface area contributed by atoms with Crippen LogP contribution in [-0.4, -0.2) is 70.4 Å². The summed E-state index contributed by atoms with van der Waals surface area (Å²) in [4.78, 5) is 21.1. The fraction of sp³-hybridized carbons (Fsp3) is 0.280. The molecule has 3 heterocycles. The number of benzene rings is 2. The summed E-state index contributed by atoms with van der Waals surface area (Å²) in [6.45, 7) is 3.02. The van der Waals surface area contributed by atoms with Crippen LogP contribution >= 0.6 is 0 Å². The van der Waals surface area contributed by atoms with Crippen molar-refractivity contribution in [1.82, 2.24) is 20.1 Å². The van der Waals surface area contributed by atoms with Crippen molar-refractivity contribution in [1.29, 1.82) is 0 Å². The summed E-state index contributed by atoms with van der Waals surface area (Å²) in [5.74, 6) is -3.22. The lowest BCUT2D eigenvalue weighted by molar-refractivity contribution is 0.127. The highest BCUT2D eigenvalue weighted by Crippen LogP contribution is 2.37. The number of aliphatic hydroxyl groups excluding tert-OH is 2. The molecule has 37 heavy (non-hydrogen) atoms. The minimum Gasteiger partial charge on any atom is -0.395 e. The maximum atomic E-state index is 14.3. The van der Waals surface area contributed by atoms with Gasteiger partial charge in [0.25, 0.3) is 0 Å². The van der Waals surface area contributed by atoms with E-state index in [1.54, 1.807) is 29.2 Å². The Morgan fingerprint density at radius 1 is 1.11 bits per heavy atom. The lowest BCUT2D eigenvalue weighted by Gasteiger charge is -2.34. The van der Waals surface area contributed by atoms with Crippen LogP contribution in [-0.2, 0) is 0 Å². The van der Waals surface area contributed by atoms with Crippen molar-refractivity contribution in [2.75, 3.05) is 50.0 Å². The van der Waals surface area contributed by atoms with Crippen LogP contribution in [0.1, 0.15) is 17.4 Å². The number of nitrogens with zero attached hydrogens (tertiary/aromatic N) is 3. The van der Waals surface area contributed by atoms with Crippen LogP contribution in [0.3, 0.4) is 0 Å². The summed E-state index contributed by atoms with van der Waals surface area (Å²) in [5.41, 5.74) is 1.09. The Labute approximate surface area is 210 Å². The first kappa shape index (κ1) is 24.8. The van der Waals surface area contributed by atoms with Crippen molar-refractivity contribution in [3.8, 4) is 0 Å². The second kappa shape index (κ2) is 10.2. The van der Waals surface area contributed by atoms with Gasteiger partial charge in [0.2, 0.25) is 0 Å². The second-order valence-corrected chi connectivity index (χ2v) is 8.77. The second-order valence-electron chi connectivity index (χ2n) is 8.77. The Kier molecular flexibility index (Phi) is 6.87. The quantitative estimate of drug-likeness (QED) is 0.356. The van der Waals surface area contributed by atoms with Gasteiger partial charge in [-0.3, -0.25) is 4.90 Å². The molecule has 1 atom stereocenters. The van der Waals surface area contributed by atoms with E-state index in [2.05, 4.69) is 25.8 Å². The van der Waals surface area contributed by atoms with Crippen LogP contribution in [0.15, 0.2) is 36.5 Å². The van der Waals surface area contributed by atoms with Crippen LogP contribution in [0.4, 0.5) is 35.2 Å². The number of amides is 2. The minimum absolute atomic E-state index is 0.0706. The molecule has 0 radical (unpaired) electrons. The number of nitrogens with one attached hydrogen (secondary N) is 3. The normalized spacial score (nSPS) is 17.4. The molecule has 12 heteroatoms. The predicted octanol–water partition coefficient (Wildman–Crippen LogP) is 3.10. The zero-order chi connectivity index (χ0) is 26.1. The third-order valence-electron chi connectivity index (χ3n) is 6.42. The van der Waals surface area contributed by atoms with Gasteiger partial charge in [-0.15, -0.1) is 0 Å². The molecule has 2 amide bonds. The number of rotatable bonds is 5. The maximum absolute atomic E-state index is 14.3. The Balaban J connectivity index is 1.45. The lowest BCUT2D eigenvalue weighted by Crippen LogP contribution is -2.50. The molecule has 1 saturated heterocycles. The van der Waals surface area contributed by atoms with Gasteiger partial charge in [0.15, 0.2) is 17.9 Å². The van der Waals surface area contributed by atoms with Crippen LogP contribution in [0.2, 0.25) is 0 Å². The molecule has 1 unspecified atom stereocenters. The molecule has 5 N–H and O–H groups in total. The highest BCUT2D eigenvalue weighted by Gasteiger charge is 2.25. The molecular formula is C25H25F3N6O3. The van der Waals surface area contributed by atoms with E-state index in [4.69, 9.17) is 5.11 Å². The van der Waals surface area contributed by atoms with E-state index in [0.717, 1.165) is 0 Å². The Morgan fingerprint density at radius 3 is 2.54 bits per heavy atom. The van der Waals surface area contributed by atoms with E-state index in [1.807, 2.05) is 0 Å². The van der Waals surface area contributed by atoms with Gasteiger partial charge in [-0.2, -0.15) is 0 Å². The van der Waals surface area contributed by atoms with E-state index < -0.39 is 29.4 Å². The van der Waals surface area contributed by atoms with Crippen molar-refractivity contribution < 1.29 is 28.2 Å². The Bertz CT molecular complexity index is 1350. The highest BCUT2D eigenvalue weighted by atomic mass is 19.1. The Hall–Kier alpha value is -3.87. The Morgan fingerprint density at radius 2 is 1.84 bits per heavy atom. The molecule has 1 aromatic heterocycles. The average Bonchev–Trinajstić information content (AvgIpc) is 2.87. The van der Waals surface area contributed by atoms with Gasteiger partial charge in [0.1, 0.15) is 17.3 Å². The number of aliphatic hydroxyl groups is 2. The number of β-amino-alcohol motifs (C(OH)–C–C–N with tert-alkyl or cyclic N) is 1. The molecule has 0 saturated carbocycles. The lowest BCUT2D eigenvalue weighted by atomic mass is 9.98. The monoisotopic (exact) mass is 514 g/mol. The van der Waals surface area contributed by atoms with Crippen molar-refractivity contribution in [3.05, 3.63) is 65.1 Å². The molecular weight excluding hydrogens is 489 g/mol. The molecule has 0 spiro atoms. The van der Waals surface area contributed by atoms with Crippen molar-refractivity contribution in [3.63, 3.8) is 0 Å². The first-order chi connectivity index (χ1) is 17.8. The number of piperazine rings is 1. The van der Waals surface area contributed by atoms with E-state index >= 15 is 0 Å². The van der Waals surface area contributed by atoms with Gasteiger partial charge >= 0.3 is 6.03 Å². The summed E-state index contributed by atoms with van der Waals surface area (Å²) < 4.78 is 42.0. The number of urea groups is 1. The number of carbonyl (C=O) groups is 1.